The fraction of sp³-hybridized carbons (Fsp3) is 0.150. The number of halogens is 2. The van der Waals surface area contributed by atoms with Gasteiger partial charge >= 0.3 is 0 Å². The molecule has 0 radical (unpaired) electrons. The lowest BCUT2D eigenvalue weighted by Crippen LogP contribution is -2.02. The number of aliphatic hydroxyl groups is 2. The van der Waals surface area contributed by atoms with Crippen molar-refractivity contribution in [3.63, 3.8) is 0 Å². The second-order valence-corrected chi connectivity index (χ2v) is 7.38. The largest absolute Gasteiger partial charge is 0.387 e. The molecule has 0 fully saturated rings. The van der Waals surface area contributed by atoms with Gasteiger partial charge in [0.1, 0.15) is 6.10 Å². The van der Waals surface area contributed by atoms with Gasteiger partial charge in [0.15, 0.2) is 0 Å². The van der Waals surface area contributed by atoms with E-state index >= 15 is 0 Å². The molecule has 0 aliphatic carbocycles. The number of benzene rings is 2. The first-order chi connectivity index (χ1) is 11.5. The maximum absolute atomic E-state index is 10.5. The van der Waals surface area contributed by atoms with E-state index in [4.69, 9.17) is 0 Å². The van der Waals surface area contributed by atoms with Crippen LogP contribution in [0.4, 0.5) is 0 Å². The number of hydrogen-bond acceptors (Lipinski definition) is 2. The normalized spacial score (nSPS) is 12.5. The molecule has 24 heavy (non-hydrogen) atoms. The SMILES string of the molecule is C=C=C(C#CCC(O)c1ccccc1I)C(O)c1ccccc1I. The van der Waals surface area contributed by atoms with Crippen LogP contribution in [-0.2, 0) is 0 Å². The molecule has 2 atom stereocenters. The first-order valence-corrected chi connectivity index (χ1v) is 9.44. The third-order valence-electron chi connectivity index (χ3n) is 3.45. The van der Waals surface area contributed by atoms with Crippen LogP contribution in [0.5, 0.6) is 0 Å². The molecule has 0 amide bonds. The van der Waals surface area contributed by atoms with E-state index < -0.39 is 12.2 Å². The highest BCUT2D eigenvalue weighted by atomic mass is 127. The Morgan fingerprint density at radius 1 is 0.958 bits per heavy atom. The minimum atomic E-state index is -0.864. The quantitative estimate of drug-likeness (QED) is 0.333. The number of rotatable bonds is 4. The predicted molar refractivity (Wildman–Crippen MR) is 113 cm³/mol. The molecular formula is C20H16I2O2. The van der Waals surface area contributed by atoms with Gasteiger partial charge in [0.05, 0.1) is 11.7 Å². The number of hydrogen-bond donors (Lipinski definition) is 2. The summed E-state index contributed by atoms with van der Waals surface area (Å²) in [6.45, 7) is 3.62. The van der Waals surface area contributed by atoms with E-state index in [1.165, 1.54) is 0 Å². The van der Waals surface area contributed by atoms with Gasteiger partial charge in [-0.3, -0.25) is 0 Å². The summed E-state index contributed by atoms with van der Waals surface area (Å²) in [4.78, 5) is 0. The van der Waals surface area contributed by atoms with Gasteiger partial charge in [-0.1, -0.05) is 54.8 Å². The molecule has 2 N–H and O–H groups in total. The van der Waals surface area contributed by atoms with Gasteiger partial charge in [0.25, 0.3) is 0 Å². The molecule has 2 rings (SSSR count). The van der Waals surface area contributed by atoms with Crippen LogP contribution in [0, 0.1) is 19.0 Å². The van der Waals surface area contributed by atoms with Gasteiger partial charge in [0, 0.05) is 13.6 Å². The molecule has 0 bridgehead atoms. The van der Waals surface area contributed by atoms with Crippen LogP contribution in [0.2, 0.25) is 0 Å². The van der Waals surface area contributed by atoms with Crippen molar-refractivity contribution in [3.8, 4) is 11.8 Å². The van der Waals surface area contributed by atoms with E-state index in [1.54, 1.807) is 0 Å². The molecular weight excluding hydrogens is 526 g/mol. The second-order valence-electron chi connectivity index (χ2n) is 5.06. The minimum Gasteiger partial charge on any atom is -0.387 e. The topological polar surface area (TPSA) is 40.5 Å². The van der Waals surface area contributed by atoms with Gasteiger partial charge in [-0.2, -0.15) is 0 Å². The molecule has 2 aromatic rings. The van der Waals surface area contributed by atoms with Gasteiger partial charge in [-0.25, -0.2) is 0 Å². The Hall–Kier alpha value is -1.10. The fourth-order valence-electron chi connectivity index (χ4n) is 2.16. The second kappa shape index (κ2) is 9.40. The van der Waals surface area contributed by atoms with Gasteiger partial charge in [-0.05, 0) is 68.4 Å². The van der Waals surface area contributed by atoms with E-state index in [0.29, 0.717) is 5.57 Å². The zero-order chi connectivity index (χ0) is 17.5. The highest BCUT2D eigenvalue weighted by molar-refractivity contribution is 14.1. The molecule has 0 aliphatic heterocycles. The molecule has 0 aliphatic rings. The van der Waals surface area contributed by atoms with E-state index in [9.17, 15) is 10.2 Å². The Morgan fingerprint density at radius 3 is 2.04 bits per heavy atom. The van der Waals surface area contributed by atoms with Crippen molar-refractivity contribution in [2.24, 2.45) is 0 Å². The Morgan fingerprint density at radius 2 is 1.50 bits per heavy atom. The molecule has 0 aromatic heterocycles. The molecule has 2 unspecified atom stereocenters. The molecule has 0 heterocycles. The highest BCUT2D eigenvalue weighted by Crippen LogP contribution is 2.25. The van der Waals surface area contributed by atoms with Crippen molar-refractivity contribution in [1.29, 1.82) is 0 Å². The average molecular weight is 542 g/mol. The first-order valence-electron chi connectivity index (χ1n) is 7.28. The molecule has 0 saturated heterocycles. The lowest BCUT2D eigenvalue weighted by Gasteiger charge is -2.11. The zero-order valence-electron chi connectivity index (χ0n) is 12.8. The van der Waals surface area contributed by atoms with Crippen molar-refractivity contribution in [3.05, 3.63) is 84.7 Å². The van der Waals surface area contributed by atoms with Gasteiger partial charge in [-0.15, -0.1) is 5.73 Å². The average Bonchev–Trinajstić information content (AvgIpc) is 2.59. The zero-order valence-corrected chi connectivity index (χ0v) is 17.2. The van der Waals surface area contributed by atoms with E-state index in [2.05, 4.69) is 69.3 Å². The minimum absolute atomic E-state index is 0.282. The summed E-state index contributed by atoms with van der Waals surface area (Å²) in [5.41, 5.74) is 4.75. The van der Waals surface area contributed by atoms with Crippen LogP contribution in [-0.4, -0.2) is 10.2 Å². The van der Waals surface area contributed by atoms with Crippen molar-refractivity contribution < 1.29 is 10.2 Å². The van der Waals surface area contributed by atoms with Crippen LogP contribution in [0.1, 0.15) is 29.8 Å². The Bertz CT molecular complexity index is 827. The Kier molecular flexibility index (Phi) is 7.53. The van der Waals surface area contributed by atoms with Gasteiger partial charge in [0.2, 0.25) is 0 Å². The predicted octanol–water partition coefficient (Wildman–Crippen LogP) is 4.77. The van der Waals surface area contributed by atoms with Crippen LogP contribution >= 0.6 is 45.2 Å². The van der Waals surface area contributed by atoms with E-state index in [-0.39, 0.29) is 6.42 Å². The third-order valence-corrected chi connectivity index (χ3v) is 5.41. The summed E-state index contributed by atoms with van der Waals surface area (Å²) in [6, 6.07) is 15.2. The monoisotopic (exact) mass is 542 g/mol. The summed E-state index contributed by atoms with van der Waals surface area (Å²) < 4.78 is 1.96. The molecule has 2 aromatic carbocycles. The molecule has 0 saturated carbocycles. The summed E-state index contributed by atoms with van der Waals surface area (Å²) >= 11 is 4.37. The van der Waals surface area contributed by atoms with Crippen molar-refractivity contribution in [1.82, 2.24) is 0 Å². The van der Waals surface area contributed by atoms with Crippen molar-refractivity contribution in [2.75, 3.05) is 0 Å². The van der Waals surface area contributed by atoms with Crippen molar-refractivity contribution >= 4 is 45.2 Å². The summed E-state index contributed by atoms with van der Waals surface area (Å²) in [5, 5.41) is 20.7. The highest BCUT2D eigenvalue weighted by Gasteiger charge is 2.14. The first kappa shape index (κ1) is 19.2. The van der Waals surface area contributed by atoms with Crippen LogP contribution in [0.15, 0.2) is 66.4 Å². The molecule has 0 spiro atoms. The lowest BCUT2D eigenvalue weighted by molar-refractivity contribution is 0.183. The maximum Gasteiger partial charge on any atom is 0.120 e. The van der Waals surface area contributed by atoms with Crippen LogP contribution < -0.4 is 0 Å². The molecule has 122 valence electrons. The van der Waals surface area contributed by atoms with E-state index in [1.807, 2.05) is 48.5 Å². The Labute approximate surface area is 169 Å². The fourth-order valence-corrected chi connectivity index (χ4v) is 3.59. The maximum atomic E-state index is 10.5. The standard InChI is InChI=1S/C20H16I2O2/c1-2-14(20(24)16-10-4-6-12-18(16)22)8-7-13-19(23)15-9-3-5-11-17(15)21/h3-6,9-12,19-20,23-24H,1,13H2. The summed E-state index contributed by atoms with van der Waals surface area (Å²) in [6.07, 6.45) is -1.24. The lowest BCUT2D eigenvalue weighted by atomic mass is 10.0. The number of aliphatic hydroxyl groups excluding tert-OH is 2. The van der Waals surface area contributed by atoms with E-state index in [0.717, 1.165) is 18.3 Å². The smallest absolute Gasteiger partial charge is 0.120 e. The van der Waals surface area contributed by atoms with Gasteiger partial charge < -0.3 is 10.2 Å². The third kappa shape index (κ3) is 4.95. The Balaban J connectivity index is 2.12. The van der Waals surface area contributed by atoms with Crippen LogP contribution in [0.25, 0.3) is 0 Å². The molecule has 2 nitrogen and oxygen atoms in total. The van der Waals surface area contributed by atoms with Crippen LogP contribution in [0.3, 0.4) is 0 Å². The summed E-state index contributed by atoms with van der Waals surface area (Å²) in [7, 11) is 0. The summed E-state index contributed by atoms with van der Waals surface area (Å²) in [5.74, 6) is 5.82. The molecule has 4 heteroatoms. The van der Waals surface area contributed by atoms with Crippen molar-refractivity contribution in [2.45, 2.75) is 18.6 Å².